The van der Waals surface area contributed by atoms with E-state index >= 15 is 0 Å². The maximum Gasteiger partial charge on any atom is 0.491 e. The minimum atomic E-state index is -1.89. The quantitative estimate of drug-likeness (QED) is 0.611. The molecule has 0 saturated carbocycles. The highest BCUT2D eigenvalue weighted by Crippen LogP contribution is 2.14. The van der Waals surface area contributed by atoms with Gasteiger partial charge in [0.2, 0.25) is 0 Å². The van der Waals surface area contributed by atoms with Gasteiger partial charge in [-0.15, -0.1) is 5.10 Å². The smallest absolute Gasteiger partial charge is 0.423 e. The van der Waals surface area contributed by atoms with Crippen molar-refractivity contribution in [1.82, 2.24) is 15.0 Å². The summed E-state index contributed by atoms with van der Waals surface area (Å²) in [4.78, 5) is 0. The summed E-state index contributed by atoms with van der Waals surface area (Å²) in [5.74, 6) is -0.753. The van der Waals surface area contributed by atoms with E-state index in [9.17, 15) is 9.50 Å². The maximum atomic E-state index is 13.6. The van der Waals surface area contributed by atoms with Crippen molar-refractivity contribution in [3.8, 4) is 0 Å². The minimum Gasteiger partial charge on any atom is -0.423 e. The van der Waals surface area contributed by atoms with Gasteiger partial charge in [-0.3, -0.25) is 0 Å². The van der Waals surface area contributed by atoms with Gasteiger partial charge in [-0.2, -0.15) is 0 Å². The Bertz CT molecular complexity index is 579. The van der Waals surface area contributed by atoms with E-state index in [1.807, 2.05) is 0 Å². The topological polar surface area (TPSA) is 91.4 Å². The third kappa shape index (κ3) is 2.50. The van der Waals surface area contributed by atoms with Gasteiger partial charge in [-0.25, -0.2) is 9.07 Å². The Kier molecular flexibility index (Phi) is 3.10. The van der Waals surface area contributed by atoms with Crippen molar-refractivity contribution in [2.75, 3.05) is 0 Å². The monoisotopic (exact) mass is 253 g/mol. The van der Waals surface area contributed by atoms with E-state index in [0.29, 0.717) is 11.0 Å². The zero-order valence-electron chi connectivity index (χ0n) is 10.0. The van der Waals surface area contributed by atoms with Crippen LogP contribution in [0.25, 0.3) is 11.0 Å². The van der Waals surface area contributed by atoms with E-state index in [1.54, 1.807) is 13.8 Å². The molecule has 96 valence electrons. The highest BCUT2D eigenvalue weighted by Gasteiger charge is 2.21. The summed E-state index contributed by atoms with van der Waals surface area (Å²) in [5, 5.41) is 35.3. The molecule has 0 spiro atoms. The van der Waals surface area contributed by atoms with Crippen LogP contribution < -0.4 is 5.46 Å². The molecule has 0 unspecified atom stereocenters. The van der Waals surface area contributed by atoms with Crippen molar-refractivity contribution in [3.05, 3.63) is 17.9 Å². The van der Waals surface area contributed by atoms with Crippen molar-refractivity contribution in [2.24, 2.45) is 0 Å². The summed E-state index contributed by atoms with van der Waals surface area (Å²) in [6.07, 6.45) is 0. The fourth-order valence-corrected chi connectivity index (χ4v) is 1.69. The number of aliphatic hydroxyl groups is 1. The van der Waals surface area contributed by atoms with E-state index < -0.39 is 18.5 Å². The van der Waals surface area contributed by atoms with Gasteiger partial charge in [-0.1, -0.05) is 5.21 Å². The van der Waals surface area contributed by atoms with Gasteiger partial charge in [0.25, 0.3) is 0 Å². The molecule has 1 heterocycles. The highest BCUT2D eigenvalue weighted by molar-refractivity contribution is 6.59. The molecule has 0 aliphatic heterocycles. The summed E-state index contributed by atoms with van der Waals surface area (Å²) in [6.45, 7) is 3.36. The number of halogens is 1. The lowest BCUT2D eigenvalue weighted by Gasteiger charge is -2.16. The van der Waals surface area contributed by atoms with Crippen molar-refractivity contribution in [2.45, 2.75) is 26.0 Å². The first-order valence-electron chi connectivity index (χ1n) is 5.39. The van der Waals surface area contributed by atoms with Gasteiger partial charge in [0.1, 0.15) is 11.3 Å². The Morgan fingerprint density at radius 1 is 1.39 bits per heavy atom. The predicted octanol–water partition coefficient (Wildman–Crippen LogP) is -0.979. The molecule has 1 aromatic heterocycles. The summed E-state index contributed by atoms with van der Waals surface area (Å²) in [7, 11) is -1.89. The molecule has 0 aliphatic rings. The molecule has 0 fully saturated rings. The summed E-state index contributed by atoms with van der Waals surface area (Å²) in [5.41, 5.74) is -0.535. The Labute approximate surface area is 103 Å². The number of nitrogens with zero attached hydrogens (tertiary/aromatic N) is 3. The van der Waals surface area contributed by atoms with Crippen LogP contribution in [-0.2, 0) is 6.54 Å². The van der Waals surface area contributed by atoms with Gasteiger partial charge in [0, 0.05) is 11.5 Å². The van der Waals surface area contributed by atoms with Crippen LogP contribution in [0.3, 0.4) is 0 Å². The molecular formula is C10H13BFN3O3. The molecule has 0 bridgehead atoms. The lowest BCUT2D eigenvalue weighted by Crippen LogP contribution is -2.32. The summed E-state index contributed by atoms with van der Waals surface area (Å²) < 4.78 is 15.0. The van der Waals surface area contributed by atoms with Gasteiger partial charge < -0.3 is 15.2 Å². The average molecular weight is 253 g/mol. The number of benzene rings is 1. The number of aromatic nitrogens is 3. The number of rotatable bonds is 3. The van der Waals surface area contributed by atoms with Crippen LogP contribution in [0.2, 0.25) is 0 Å². The highest BCUT2D eigenvalue weighted by atomic mass is 19.1. The lowest BCUT2D eigenvalue weighted by molar-refractivity contribution is 0.0585. The fourth-order valence-electron chi connectivity index (χ4n) is 1.69. The van der Waals surface area contributed by atoms with E-state index in [4.69, 9.17) is 10.0 Å². The Balaban J connectivity index is 2.51. The predicted molar refractivity (Wildman–Crippen MR) is 63.6 cm³/mol. The van der Waals surface area contributed by atoms with Crippen LogP contribution in [0.15, 0.2) is 12.1 Å². The first-order valence-corrected chi connectivity index (χ1v) is 5.39. The zero-order chi connectivity index (χ0) is 13.5. The molecule has 1 aromatic carbocycles. The van der Waals surface area contributed by atoms with E-state index in [2.05, 4.69) is 10.3 Å². The molecule has 18 heavy (non-hydrogen) atoms. The summed E-state index contributed by atoms with van der Waals surface area (Å²) in [6, 6.07) is 2.35. The molecule has 0 atom stereocenters. The van der Waals surface area contributed by atoms with Crippen molar-refractivity contribution < 1.29 is 19.5 Å². The van der Waals surface area contributed by atoms with Gasteiger partial charge in [-0.05, 0) is 19.9 Å². The number of hydrogen-bond acceptors (Lipinski definition) is 5. The van der Waals surface area contributed by atoms with Crippen LogP contribution in [0.4, 0.5) is 4.39 Å². The molecule has 6 nitrogen and oxygen atoms in total. The van der Waals surface area contributed by atoms with E-state index in [-0.39, 0.29) is 12.0 Å². The van der Waals surface area contributed by atoms with Crippen LogP contribution >= 0.6 is 0 Å². The first kappa shape index (κ1) is 12.9. The normalized spacial score (nSPS) is 12.1. The fraction of sp³-hybridized carbons (Fsp3) is 0.400. The van der Waals surface area contributed by atoms with Crippen molar-refractivity contribution >= 4 is 23.6 Å². The number of hydrogen-bond donors (Lipinski definition) is 3. The molecule has 2 rings (SSSR count). The second kappa shape index (κ2) is 4.31. The SMILES string of the molecule is CC(C)(O)Cn1nnc2cc(B(O)O)c(F)cc21. The van der Waals surface area contributed by atoms with Crippen LogP contribution in [0.5, 0.6) is 0 Å². The Morgan fingerprint density at radius 3 is 2.61 bits per heavy atom. The number of fused-ring (bicyclic) bond motifs is 1. The molecule has 2 aromatic rings. The second-order valence-corrected chi connectivity index (χ2v) is 4.80. The van der Waals surface area contributed by atoms with Crippen molar-refractivity contribution in [1.29, 1.82) is 0 Å². The van der Waals surface area contributed by atoms with Crippen LogP contribution in [-0.4, -0.2) is 42.9 Å². The molecule has 0 amide bonds. The standard InChI is InChI=1S/C10H13BFN3O3/c1-10(2,16)5-15-9-4-7(12)6(11(17)18)3-8(9)13-14-15/h3-4,16-18H,5H2,1-2H3. The molecule has 0 aliphatic carbocycles. The second-order valence-electron chi connectivity index (χ2n) is 4.80. The zero-order valence-corrected chi connectivity index (χ0v) is 10.0. The molecule has 3 N–H and O–H groups in total. The Morgan fingerprint density at radius 2 is 2.06 bits per heavy atom. The van der Waals surface area contributed by atoms with Crippen LogP contribution in [0, 0.1) is 5.82 Å². The van der Waals surface area contributed by atoms with E-state index in [1.165, 1.54) is 10.7 Å². The van der Waals surface area contributed by atoms with Gasteiger partial charge >= 0.3 is 7.12 Å². The largest absolute Gasteiger partial charge is 0.491 e. The maximum absolute atomic E-state index is 13.6. The summed E-state index contributed by atoms with van der Waals surface area (Å²) >= 11 is 0. The van der Waals surface area contributed by atoms with E-state index in [0.717, 1.165) is 6.07 Å². The third-order valence-corrected chi connectivity index (χ3v) is 2.45. The lowest BCUT2D eigenvalue weighted by atomic mass is 9.79. The minimum absolute atomic E-state index is 0.157. The average Bonchev–Trinajstić information content (AvgIpc) is 2.57. The molecule has 0 saturated heterocycles. The van der Waals surface area contributed by atoms with Gasteiger partial charge in [0.05, 0.1) is 17.7 Å². The molecule has 8 heteroatoms. The van der Waals surface area contributed by atoms with Crippen LogP contribution in [0.1, 0.15) is 13.8 Å². The Hall–Kier alpha value is -1.51. The first-order chi connectivity index (χ1) is 8.28. The van der Waals surface area contributed by atoms with Crippen molar-refractivity contribution in [3.63, 3.8) is 0 Å². The van der Waals surface area contributed by atoms with Gasteiger partial charge in [0.15, 0.2) is 0 Å². The molecule has 0 radical (unpaired) electrons. The third-order valence-electron chi connectivity index (χ3n) is 2.45. The molecular weight excluding hydrogens is 240 g/mol.